The lowest BCUT2D eigenvalue weighted by Gasteiger charge is -2.37. The van der Waals surface area contributed by atoms with E-state index in [4.69, 9.17) is 0 Å². The molecule has 1 unspecified atom stereocenters. The maximum atomic E-state index is 2.53. The Morgan fingerprint density at radius 3 is 1.31 bits per heavy atom. The van der Waals surface area contributed by atoms with Crippen molar-refractivity contribution < 1.29 is 0 Å². The lowest BCUT2D eigenvalue weighted by Crippen LogP contribution is -2.27. The van der Waals surface area contributed by atoms with Crippen molar-refractivity contribution in [1.29, 1.82) is 0 Å². The lowest BCUT2D eigenvalue weighted by molar-refractivity contribution is 0.514. The van der Waals surface area contributed by atoms with Crippen molar-refractivity contribution in [3.05, 3.63) is 69.3 Å². The Labute approximate surface area is 219 Å². The van der Waals surface area contributed by atoms with Gasteiger partial charge in [-0.15, -0.1) is 0 Å². The molecule has 0 aliphatic rings. The molecule has 196 valence electrons. The van der Waals surface area contributed by atoms with E-state index in [1.165, 1.54) is 27.8 Å². The monoisotopic (exact) mass is 476 g/mol. The summed E-state index contributed by atoms with van der Waals surface area (Å²) in [7, 11) is 0. The number of benzene rings is 2. The van der Waals surface area contributed by atoms with E-state index < -0.39 is 0 Å². The first-order valence-corrected chi connectivity index (χ1v) is 13.8. The van der Waals surface area contributed by atoms with Crippen molar-refractivity contribution in [2.45, 2.75) is 150 Å². The van der Waals surface area contributed by atoms with Crippen molar-refractivity contribution in [2.75, 3.05) is 0 Å². The average Bonchev–Trinajstić information content (AvgIpc) is 2.63. The van der Waals surface area contributed by atoms with Crippen molar-refractivity contribution in [3.8, 4) is 0 Å². The molecule has 2 aromatic carbocycles. The van der Waals surface area contributed by atoms with E-state index in [1.54, 1.807) is 11.1 Å². The first-order chi connectivity index (χ1) is 15.5. The van der Waals surface area contributed by atoms with Crippen LogP contribution in [0.4, 0.5) is 0 Å². The van der Waals surface area contributed by atoms with E-state index in [9.17, 15) is 0 Å². The molecule has 35 heavy (non-hydrogen) atoms. The highest BCUT2D eigenvalue weighted by molar-refractivity contribution is 5.51. The molecule has 0 fully saturated rings. The van der Waals surface area contributed by atoms with E-state index in [-0.39, 0.29) is 27.1 Å². The molecule has 0 spiro atoms. The fraction of sp³-hybridized carbons (Fsp3) is 0.657. The zero-order valence-corrected chi connectivity index (χ0v) is 26.2. The molecule has 0 radical (unpaired) electrons. The second kappa shape index (κ2) is 9.39. The van der Waals surface area contributed by atoms with Crippen LogP contribution in [0, 0.1) is 0 Å². The van der Waals surface area contributed by atoms with Gasteiger partial charge in [0.15, 0.2) is 0 Å². The fourth-order valence-corrected chi connectivity index (χ4v) is 5.57. The Kier molecular flexibility index (Phi) is 7.96. The Morgan fingerprint density at radius 1 is 0.543 bits per heavy atom. The van der Waals surface area contributed by atoms with Crippen LogP contribution in [-0.2, 0) is 33.5 Å². The van der Waals surface area contributed by atoms with Crippen LogP contribution < -0.4 is 0 Å². The zero-order valence-electron chi connectivity index (χ0n) is 26.2. The largest absolute Gasteiger partial charge is 0.0617 e. The molecule has 0 saturated heterocycles. The van der Waals surface area contributed by atoms with Gasteiger partial charge in [0.25, 0.3) is 0 Å². The molecule has 2 aromatic rings. The third-order valence-corrected chi connectivity index (χ3v) is 7.39. The predicted molar refractivity (Wildman–Crippen MR) is 159 cm³/mol. The highest BCUT2D eigenvalue weighted by atomic mass is 14.4. The lowest BCUT2D eigenvalue weighted by atomic mass is 9.68. The zero-order chi connectivity index (χ0) is 27.4. The van der Waals surface area contributed by atoms with Crippen LogP contribution in [0.1, 0.15) is 156 Å². The fourth-order valence-electron chi connectivity index (χ4n) is 5.57. The molecule has 1 atom stereocenters. The molecule has 0 aromatic heterocycles. The van der Waals surface area contributed by atoms with Crippen LogP contribution in [0.25, 0.3) is 0 Å². The van der Waals surface area contributed by atoms with Crippen LogP contribution in [0.15, 0.2) is 30.3 Å². The maximum absolute atomic E-state index is 2.53. The van der Waals surface area contributed by atoms with E-state index in [0.717, 1.165) is 6.42 Å². The summed E-state index contributed by atoms with van der Waals surface area (Å²) in [6, 6.07) is 12.1. The van der Waals surface area contributed by atoms with Crippen molar-refractivity contribution in [3.63, 3.8) is 0 Å². The van der Waals surface area contributed by atoms with Crippen LogP contribution in [0.3, 0.4) is 0 Å². The maximum Gasteiger partial charge on any atom is -0.0126 e. The first kappa shape index (κ1) is 29.7. The topological polar surface area (TPSA) is 0 Å². The summed E-state index contributed by atoms with van der Waals surface area (Å²) >= 11 is 0. The Morgan fingerprint density at radius 2 is 0.971 bits per heavy atom. The number of rotatable bonds is 3. The quantitative estimate of drug-likeness (QED) is 0.413. The van der Waals surface area contributed by atoms with Gasteiger partial charge in [0, 0.05) is 0 Å². The van der Waals surface area contributed by atoms with Crippen LogP contribution in [-0.4, -0.2) is 0 Å². The summed E-state index contributed by atoms with van der Waals surface area (Å²) in [5, 5.41) is 0. The summed E-state index contributed by atoms with van der Waals surface area (Å²) in [5.41, 5.74) is 11.1. The molecular weight excluding hydrogens is 420 g/mol. The van der Waals surface area contributed by atoms with Crippen molar-refractivity contribution in [1.82, 2.24) is 0 Å². The third kappa shape index (κ3) is 6.81. The highest BCUT2D eigenvalue weighted by Gasteiger charge is 2.33. The smallest absolute Gasteiger partial charge is 0.0126 e. The van der Waals surface area contributed by atoms with E-state index in [0.29, 0.717) is 5.92 Å². The minimum absolute atomic E-state index is 0.0883. The van der Waals surface area contributed by atoms with Gasteiger partial charge in [-0.1, -0.05) is 141 Å². The van der Waals surface area contributed by atoms with Gasteiger partial charge >= 0.3 is 0 Å². The Balaban J connectivity index is 2.84. The van der Waals surface area contributed by atoms with Gasteiger partial charge in [-0.25, -0.2) is 0 Å². The highest BCUT2D eigenvalue weighted by Crippen LogP contribution is 2.44. The van der Waals surface area contributed by atoms with Gasteiger partial charge in [-0.2, -0.15) is 0 Å². The summed E-state index contributed by atoms with van der Waals surface area (Å²) in [4.78, 5) is 0. The standard InChI is InChI=1S/C35H56/c1-23(20-24-18-17-19-26(32(5,6)7)30(24)35(14,15)16)29-27(33(8,9)10)21-25(31(2,3)4)22-28(29)34(11,12)13/h17-19,21-23H,20H2,1-16H3. The Hall–Kier alpha value is -1.56. The molecule has 0 aliphatic carbocycles. The van der Waals surface area contributed by atoms with Gasteiger partial charge in [0.1, 0.15) is 0 Å². The SMILES string of the molecule is CC(Cc1cccc(C(C)(C)C)c1C(C)(C)C)c1c(C(C)(C)C)cc(C(C)(C)C)cc1C(C)(C)C. The summed E-state index contributed by atoms with van der Waals surface area (Å²) in [6.45, 7) is 38.0. The van der Waals surface area contributed by atoms with E-state index >= 15 is 0 Å². The second-order valence-electron chi connectivity index (χ2n) is 16.2. The molecule has 0 nitrogen and oxygen atoms in total. The van der Waals surface area contributed by atoms with Crippen LogP contribution in [0.2, 0.25) is 0 Å². The second-order valence-corrected chi connectivity index (χ2v) is 16.2. The summed E-state index contributed by atoms with van der Waals surface area (Å²) in [6.07, 6.45) is 1.07. The van der Waals surface area contributed by atoms with Crippen molar-refractivity contribution in [2.24, 2.45) is 0 Å². The molecule has 0 heteroatoms. The first-order valence-electron chi connectivity index (χ1n) is 13.8. The molecule has 2 rings (SSSR count). The van der Waals surface area contributed by atoms with Gasteiger partial charge < -0.3 is 0 Å². The van der Waals surface area contributed by atoms with Gasteiger partial charge in [-0.05, 0) is 78.4 Å². The molecule has 0 amide bonds. The van der Waals surface area contributed by atoms with Gasteiger partial charge in [0.2, 0.25) is 0 Å². The summed E-state index contributed by atoms with van der Waals surface area (Å²) < 4.78 is 0. The average molecular weight is 477 g/mol. The number of hydrogen-bond acceptors (Lipinski definition) is 0. The molecular formula is C35H56. The van der Waals surface area contributed by atoms with Crippen LogP contribution in [0.5, 0.6) is 0 Å². The molecule has 0 N–H and O–H groups in total. The third-order valence-electron chi connectivity index (χ3n) is 7.39. The van der Waals surface area contributed by atoms with Crippen LogP contribution >= 0.6 is 0 Å². The van der Waals surface area contributed by atoms with Crippen molar-refractivity contribution >= 4 is 0 Å². The summed E-state index contributed by atoms with van der Waals surface area (Å²) in [5.74, 6) is 0.434. The van der Waals surface area contributed by atoms with Gasteiger partial charge in [-0.3, -0.25) is 0 Å². The van der Waals surface area contributed by atoms with Gasteiger partial charge in [0.05, 0.1) is 0 Å². The normalized spacial score (nSPS) is 14.9. The number of hydrogen-bond donors (Lipinski definition) is 0. The molecule has 0 saturated carbocycles. The predicted octanol–water partition coefficient (Wildman–Crippen LogP) is 10.5. The molecule has 0 bridgehead atoms. The molecule has 0 heterocycles. The minimum Gasteiger partial charge on any atom is -0.0617 e. The molecule has 0 aliphatic heterocycles. The van der Waals surface area contributed by atoms with E-state index in [1.807, 2.05) is 0 Å². The Bertz CT molecular complexity index is 993. The van der Waals surface area contributed by atoms with E-state index in [2.05, 4.69) is 141 Å². The minimum atomic E-state index is 0.0883.